The van der Waals surface area contributed by atoms with Crippen LogP contribution in [0.25, 0.3) is 0 Å². The van der Waals surface area contributed by atoms with Crippen molar-refractivity contribution in [1.82, 2.24) is 5.43 Å². The molecule has 0 radical (unpaired) electrons. The molecule has 0 aliphatic carbocycles. The summed E-state index contributed by atoms with van der Waals surface area (Å²) >= 11 is 8.58. The number of alkyl halides is 3. The summed E-state index contributed by atoms with van der Waals surface area (Å²) in [5.74, 6) is -0.781. The lowest BCUT2D eigenvalue weighted by molar-refractivity contribution is -0.137. The second kappa shape index (κ2) is 8.04. The molecule has 0 unspecified atom stereocenters. The smallest absolute Gasteiger partial charge is 0.298 e. The lowest BCUT2D eigenvalue weighted by Crippen LogP contribution is -2.31. The Morgan fingerprint density at radius 2 is 2.00 bits per heavy atom. The molecule has 0 atom stereocenters. The van der Waals surface area contributed by atoms with Gasteiger partial charge in [0.05, 0.1) is 28.5 Å². The van der Waals surface area contributed by atoms with Crippen LogP contribution in [0.15, 0.2) is 52.5 Å². The quantitative estimate of drug-likeness (QED) is 0.415. The molecule has 0 heterocycles. The van der Waals surface area contributed by atoms with Crippen molar-refractivity contribution >= 4 is 39.1 Å². The van der Waals surface area contributed by atoms with Gasteiger partial charge in [-0.3, -0.25) is 15.6 Å². The van der Waals surface area contributed by atoms with Crippen LogP contribution in [0.2, 0.25) is 0 Å². The molecule has 0 spiro atoms. The number of carbonyl (C=O) groups excluding carboxylic acids is 1. The summed E-state index contributed by atoms with van der Waals surface area (Å²) in [7, 11) is 0. The number of halogens is 5. The first kappa shape index (κ1) is 19.8. The van der Waals surface area contributed by atoms with E-state index < -0.39 is 23.3 Å². The first-order valence-corrected chi connectivity index (χ1v) is 7.32. The number of nitrogens with zero attached hydrogens (tertiary/aromatic N) is 1. The van der Waals surface area contributed by atoms with Crippen LogP contribution in [-0.2, 0) is 11.0 Å². The van der Waals surface area contributed by atoms with E-state index in [-0.39, 0.29) is 20.7 Å². The maximum atomic E-state index is 13.0. The van der Waals surface area contributed by atoms with E-state index in [1.165, 1.54) is 12.1 Å². The largest absolute Gasteiger partial charge is 0.418 e. The first-order valence-electron chi connectivity index (χ1n) is 6.15. The predicted molar refractivity (Wildman–Crippen MR) is 89.1 cm³/mol. The molecule has 9 heteroatoms. The molecule has 0 saturated heterocycles. The molecule has 126 valence electrons. The molecular weight excluding hydrogens is 411 g/mol. The van der Waals surface area contributed by atoms with Crippen molar-refractivity contribution in [2.75, 3.05) is 5.43 Å². The van der Waals surface area contributed by atoms with Crippen molar-refractivity contribution in [2.45, 2.75) is 6.18 Å². The van der Waals surface area contributed by atoms with Gasteiger partial charge >= 0.3 is 6.18 Å². The van der Waals surface area contributed by atoms with Crippen LogP contribution < -0.4 is 10.9 Å². The van der Waals surface area contributed by atoms with E-state index in [1.807, 2.05) is 0 Å². The van der Waals surface area contributed by atoms with Gasteiger partial charge in [-0.1, -0.05) is 40.7 Å². The Hall–Kier alpha value is -2.24. The molecule has 0 aromatic heterocycles. The van der Waals surface area contributed by atoms with Crippen LogP contribution in [0, 0.1) is 11.3 Å². The van der Waals surface area contributed by atoms with E-state index in [9.17, 15) is 18.0 Å². The van der Waals surface area contributed by atoms with E-state index in [4.69, 9.17) is 16.9 Å². The van der Waals surface area contributed by atoms with Crippen molar-refractivity contribution in [3.63, 3.8) is 0 Å². The highest BCUT2D eigenvalue weighted by atomic mass is 79.9. The van der Waals surface area contributed by atoms with Crippen molar-refractivity contribution < 1.29 is 18.0 Å². The predicted octanol–water partition coefficient (Wildman–Crippen LogP) is 4.61. The zero-order valence-electron chi connectivity index (χ0n) is 12.0. The Bertz CT molecular complexity index is 766. The normalized spacial score (nSPS) is 11.4. The summed E-state index contributed by atoms with van der Waals surface area (Å²) < 4.78 is 39.2. The monoisotopic (exact) mass is 419 g/mol. The maximum absolute atomic E-state index is 13.0. The zero-order chi connectivity index (χ0) is 18.5. The summed E-state index contributed by atoms with van der Waals surface area (Å²) in [6, 6.07) is 4.52. The number of allylic oxidation sites excluding steroid dienone is 2. The summed E-state index contributed by atoms with van der Waals surface area (Å²) in [5, 5.41) is 8.74. The van der Waals surface area contributed by atoms with Crippen LogP contribution in [0.1, 0.15) is 11.1 Å². The van der Waals surface area contributed by atoms with E-state index in [0.29, 0.717) is 6.07 Å². The lowest BCUT2D eigenvalue weighted by atomic mass is 10.1. The third-order valence-corrected chi connectivity index (χ3v) is 3.14. The number of anilines is 1. The fourth-order valence-corrected chi connectivity index (χ4v) is 1.98. The van der Waals surface area contributed by atoms with Gasteiger partial charge in [-0.25, -0.2) is 0 Å². The maximum Gasteiger partial charge on any atom is 0.418 e. The lowest BCUT2D eigenvalue weighted by Gasteiger charge is -2.16. The van der Waals surface area contributed by atoms with Gasteiger partial charge in [-0.05, 0) is 24.3 Å². The number of hydrogen-bond donors (Lipinski definition) is 2. The van der Waals surface area contributed by atoms with Crippen molar-refractivity contribution in [3.05, 3.63) is 63.6 Å². The molecule has 1 aromatic carbocycles. The summed E-state index contributed by atoms with van der Waals surface area (Å²) in [6.45, 7) is 6.90. The highest BCUT2D eigenvalue weighted by Gasteiger charge is 2.34. The number of benzene rings is 1. The first-order chi connectivity index (χ1) is 11.1. The third kappa shape index (κ3) is 5.44. The number of hydrazine groups is 1. The molecule has 1 rings (SSSR count). The molecular formula is C15H10BrClF3N3O. The number of nitrogens with one attached hydrogen (secondary N) is 2. The fourth-order valence-electron chi connectivity index (χ4n) is 1.57. The molecule has 0 aliphatic heterocycles. The second-order valence-electron chi connectivity index (χ2n) is 4.36. The molecule has 1 amide bonds. The van der Waals surface area contributed by atoms with Crippen molar-refractivity contribution in [2.24, 2.45) is 0 Å². The molecule has 4 nitrogen and oxygen atoms in total. The number of nitriles is 1. The van der Waals surface area contributed by atoms with Gasteiger partial charge in [0.1, 0.15) is 0 Å². The number of amides is 1. The minimum atomic E-state index is -4.71. The Morgan fingerprint density at radius 1 is 1.38 bits per heavy atom. The van der Waals surface area contributed by atoms with Gasteiger partial charge in [-0.2, -0.15) is 18.4 Å². The standard InChI is InChI=1S/C15H10BrClF3N3O/c1-8(17)5-11(9(2)16)14(24)23-22-13-4-3-10(7-21)6-12(13)15(18,19)20/h3-6,22H,1-2H2,(H,23,24)/b11-5+. The highest BCUT2D eigenvalue weighted by molar-refractivity contribution is 9.12. The Kier molecular flexibility index (Phi) is 6.63. The van der Waals surface area contributed by atoms with E-state index in [0.717, 1.165) is 6.07 Å². The third-order valence-electron chi connectivity index (χ3n) is 2.60. The van der Waals surface area contributed by atoms with Crippen LogP contribution in [0.5, 0.6) is 0 Å². The van der Waals surface area contributed by atoms with Crippen LogP contribution in [0.4, 0.5) is 18.9 Å². The topological polar surface area (TPSA) is 64.9 Å². The van der Waals surface area contributed by atoms with Gasteiger partial charge in [0.2, 0.25) is 0 Å². The molecule has 1 aromatic rings. The van der Waals surface area contributed by atoms with E-state index in [1.54, 1.807) is 6.07 Å². The number of carbonyl (C=O) groups is 1. The van der Waals surface area contributed by atoms with E-state index >= 15 is 0 Å². The summed E-state index contributed by atoms with van der Waals surface area (Å²) in [4.78, 5) is 12.0. The zero-order valence-corrected chi connectivity index (χ0v) is 14.3. The van der Waals surface area contributed by atoms with Gasteiger partial charge in [0.25, 0.3) is 5.91 Å². The average molecular weight is 421 g/mol. The SMILES string of the molecule is C=C(Cl)/C=C(\C(=C)Br)C(=O)NNc1ccc(C#N)cc1C(F)(F)F. The van der Waals surface area contributed by atoms with Gasteiger partial charge < -0.3 is 0 Å². The molecule has 0 saturated carbocycles. The fraction of sp³-hybridized carbons (Fsp3) is 0.0667. The summed E-state index contributed by atoms with van der Waals surface area (Å²) in [5.41, 5.74) is 2.59. The summed E-state index contributed by atoms with van der Waals surface area (Å²) in [6.07, 6.45) is -3.51. The van der Waals surface area contributed by atoms with Gasteiger partial charge in [-0.15, -0.1) is 0 Å². The molecule has 24 heavy (non-hydrogen) atoms. The molecule has 2 N–H and O–H groups in total. The van der Waals surface area contributed by atoms with Crippen LogP contribution in [-0.4, -0.2) is 5.91 Å². The number of hydrogen-bond acceptors (Lipinski definition) is 3. The molecule has 0 aliphatic rings. The van der Waals surface area contributed by atoms with Crippen molar-refractivity contribution in [3.8, 4) is 6.07 Å². The molecule has 0 fully saturated rings. The molecule has 0 bridgehead atoms. The minimum absolute atomic E-state index is 0.0234. The average Bonchev–Trinajstić information content (AvgIpc) is 2.48. The Labute approximate surface area is 149 Å². The van der Waals surface area contributed by atoms with Crippen molar-refractivity contribution in [1.29, 1.82) is 5.26 Å². The van der Waals surface area contributed by atoms with E-state index in [2.05, 4.69) is 39.9 Å². The van der Waals surface area contributed by atoms with Gasteiger partial charge in [0, 0.05) is 9.51 Å². The van der Waals surface area contributed by atoms with Gasteiger partial charge in [0.15, 0.2) is 0 Å². The highest BCUT2D eigenvalue weighted by Crippen LogP contribution is 2.35. The Balaban J connectivity index is 3.07. The number of rotatable bonds is 5. The second-order valence-corrected chi connectivity index (χ2v) is 5.80. The van der Waals surface area contributed by atoms with Crippen LogP contribution in [0.3, 0.4) is 0 Å². The minimum Gasteiger partial charge on any atom is -0.298 e. The Morgan fingerprint density at radius 3 is 2.46 bits per heavy atom. The van der Waals surface area contributed by atoms with Crippen LogP contribution >= 0.6 is 27.5 Å².